The van der Waals surface area contributed by atoms with Crippen molar-refractivity contribution >= 4 is 18.4 Å². The van der Waals surface area contributed by atoms with Crippen LogP contribution in [0.1, 0.15) is 30.5 Å². The first kappa shape index (κ1) is 17.8. The molecule has 21 heavy (non-hydrogen) atoms. The average molecular weight is 328 g/mol. The second-order valence-electron chi connectivity index (χ2n) is 4.96. The van der Waals surface area contributed by atoms with Crippen molar-refractivity contribution in [2.45, 2.75) is 38.0 Å². The minimum atomic E-state index is -4.49. The quantitative estimate of drug-likeness (QED) is 0.925. The Hall–Kier alpha value is -1.28. The summed E-state index contributed by atoms with van der Waals surface area (Å²) in [6.07, 6.45) is -1.28. The maximum atomic E-state index is 13.0. The molecule has 0 aliphatic carbocycles. The molecule has 0 saturated carbocycles. The van der Waals surface area contributed by atoms with Crippen LogP contribution in [0.5, 0.6) is 0 Å². The topological polar surface area (TPSA) is 58.4 Å². The molecule has 1 aromatic heterocycles. The summed E-state index contributed by atoms with van der Waals surface area (Å²) >= 11 is 0. The molecule has 1 aliphatic heterocycles. The fourth-order valence-corrected chi connectivity index (χ4v) is 2.64. The third kappa shape index (κ3) is 3.88. The van der Waals surface area contributed by atoms with Gasteiger partial charge >= 0.3 is 12.1 Å². The fraction of sp³-hybridized carbons (Fsp3) is 0.667. The van der Waals surface area contributed by atoms with Crippen molar-refractivity contribution in [2.75, 3.05) is 6.54 Å². The maximum absolute atomic E-state index is 13.0. The maximum Gasteiger partial charge on any atom is 0.433 e. The number of likely N-dealkylation sites (tertiary alicyclic amines) is 1. The first-order chi connectivity index (χ1) is 9.30. The van der Waals surface area contributed by atoms with Crippen LogP contribution in [0.4, 0.5) is 13.2 Å². The van der Waals surface area contributed by atoms with Crippen molar-refractivity contribution in [3.8, 4) is 0 Å². The minimum Gasteiger partial charge on any atom is -0.480 e. The van der Waals surface area contributed by atoms with Crippen molar-refractivity contribution < 1.29 is 23.1 Å². The zero-order valence-electron chi connectivity index (χ0n) is 11.4. The average Bonchev–Trinajstić information content (AvgIpc) is 2.70. The fourth-order valence-electron chi connectivity index (χ4n) is 2.64. The number of carboxylic acid groups (broad SMARTS) is 1. The molecule has 1 aromatic rings. The Morgan fingerprint density at radius 2 is 2.14 bits per heavy atom. The van der Waals surface area contributed by atoms with E-state index < -0.39 is 23.9 Å². The molecule has 0 bridgehead atoms. The minimum absolute atomic E-state index is 0. The van der Waals surface area contributed by atoms with Crippen LogP contribution < -0.4 is 0 Å². The molecule has 1 saturated heterocycles. The molecular weight excluding hydrogens is 311 g/mol. The van der Waals surface area contributed by atoms with Gasteiger partial charge in [0.1, 0.15) is 11.7 Å². The van der Waals surface area contributed by atoms with Crippen LogP contribution in [0, 0.1) is 0 Å². The Balaban J connectivity index is 0.00000220. The highest BCUT2D eigenvalue weighted by atomic mass is 35.5. The number of alkyl halides is 3. The van der Waals surface area contributed by atoms with Gasteiger partial charge in [0.05, 0.1) is 6.20 Å². The molecule has 1 fully saturated rings. The molecule has 9 heteroatoms. The second-order valence-corrected chi connectivity index (χ2v) is 4.96. The highest BCUT2D eigenvalue weighted by Crippen LogP contribution is 2.32. The summed E-state index contributed by atoms with van der Waals surface area (Å²) in [5.74, 6) is -0.984. The lowest BCUT2D eigenvalue weighted by Crippen LogP contribution is -2.44. The predicted octanol–water partition coefficient (Wildman–Crippen LogP) is 2.30. The number of hydrogen-bond donors (Lipinski definition) is 1. The molecule has 1 unspecified atom stereocenters. The smallest absolute Gasteiger partial charge is 0.433 e. The summed E-state index contributed by atoms with van der Waals surface area (Å²) in [7, 11) is 1.23. The van der Waals surface area contributed by atoms with Crippen LogP contribution in [-0.4, -0.2) is 38.3 Å². The van der Waals surface area contributed by atoms with E-state index in [1.165, 1.54) is 7.05 Å². The lowest BCUT2D eigenvalue weighted by atomic mass is 10.0. The summed E-state index contributed by atoms with van der Waals surface area (Å²) in [6.45, 7) is 0.447. The van der Waals surface area contributed by atoms with Gasteiger partial charge in [-0.05, 0) is 19.4 Å². The molecule has 5 nitrogen and oxygen atoms in total. The van der Waals surface area contributed by atoms with Crippen LogP contribution in [0.15, 0.2) is 6.20 Å². The number of piperidine rings is 1. The number of nitrogens with zero attached hydrogens (tertiary/aromatic N) is 3. The number of carboxylic acids is 1. The van der Waals surface area contributed by atoms with E-state index in [0.717, 1.165) is 23.7 Å². The van der Waals surface area contributed by atoms with Gasteiger partial charge in [-0.2, -0.15) is 18.3 Å². The van der Waals surface area contributed by atoms with Gasteiger partial charge in [-0.3, -0.25) is 14.4 Å². The molecule has 2 rings (SSSR count). The summed E-state index contributed by atoms with van der Waals surface area (Å²) in [4.78, 5) is 12.7. The predicted molar refractivity (Wildman–Crippen MR) is 71.1 cm³/mol. The number of rotatable bonds is 3. The van der Waals surface area contributed by atoms with E-state index in [2.05, 4.69) is 5.10 Å². The van der Waals surface area contributed by atoms with Gasteiger partial charge in [-0.15, -0.1) is 12.4 Å². The Kier molecular flexibility index (Phi) is 5.63. The zero-order valence-corrected chi connectivity index (χ0v) is 12.2. The highest BCUT2D eigenvalue weighted by Gasteiger charge is 2.38. The SMILES string of the molecule is Cl.Cn1ncc(CN2CCCCC2C(=O)O)c1C(F)(F)F. The Labute approximate surface area is 126 Å². The van der Waals surface area contributed by atoms with Crippen LogP contribution in [0.2, 0.25) is 0 Å². The van der Waals surface area contributed by atoms with Crippen LogP contribution in [0.25, 0.3) is 0 Å². The monoisotopic (exact) mass is 327 g/mol. The van der Waals surface area contributed by atoms with E-state index in [1.807, 2.05) is 0 Å². The van der Waals surface area contributed by atoms with Crippen molar-refractivity contribution in [3.63, 3.8) is 0 Å². The number of halogens is 4. The molecule has 1 aliphatic rings. The summed E-state index contributed by atoms with van der Waals surface area (Å²) in [5, 5.41) is 12.8. The molecule has 0 amide bonds. The third-order valence-electron chi connectivity index (χ3n) is 3.56. The Morgan fingerprint density at radius 1 is 1.48 bits per heavy atom. The first-order valence-corrected chi connectivity index (χ1v) is 6.35. The van der Waals surface area contributed by atoms with Gasteiger partial charge < -0.3 is 5.11 Å². The number of aryl methyl sites for hydroxylation is 1. The molecule has 2 heterocycles. The van der Waals surface area contributed by atoms with E-state index in [1.54, 1.807) is 4.90 Å². The number of aliphatic carboxylic acids is 1. The lowest BCUT2D eigenvalue weighted by molar-refractivity contribution is -0.145. The zero-order chi connectivity index (χ0) is 14.9. The second kappa shape index (κ2) is 6.65. The van der Waals surface area contributed by atoms with Gasteiger partial charge in [0.2, 0.25) is 0 Å². The standard InChI is InChI=1S/C12H16F3N3O2.ClH/c1-17-10(12(13,14)15)8(6-16-17)7-18-5-3-2-4-9(18)11(19)20;/h6,9H,2-5,7H2,1H3,(H,19,20);1H. The lowest BCUT2D eigenvalue weighted by Gasteiger charge is -2.32. The highest BCUT2D eigenvalue weighted by molar-refractivity contribution is 5.85. The van der Waals surface area contributed by atoms with E-state index in [4.69, 9.17) is 5.11 Å². The van der Waals surface area contributed by atoms with Crippen LogP contribution in [-0.2, 0) is 24.6 Å². The summed E-state index contributed by atoms with van der Waals surface area (Å²) in [5.41, 5.74) is -0.791. The Bertz CT molecular complexity index is 504. The molecule has 1 atom stereocenters. The van der Waals surface area contributed by atoms with Crippen LogP contribution >= 0.6 is 12.4 Å². The van der Waals surface area contributed by atoms with E-state index in [9.17, 15) is 18.0 Å². The van der Waals surface area contributed by atoms with Crippen molar-refractivity contribution in [1.82, 2.24) is 14.7 Å². The van der Waals surface area contributed by atoms with E-state index >= 15 is 0 Å². The van der Waals surface area contributed by atoms with Crippen LogP contribution in [0.3, 0.4) is 0 Å². The van der Waals surface area contributed by atoms with E-state index in [0.29, 0.717) is 13.0 Å². The normalized spacial score (nSPS) is 20.1. The molecule has 0 radical (unpaired) electrons. The largest absolute Gasteiger partial charge is 0.480 e. The van der Waals surface area contributed by atoms with E-state index in [-0.39, 0.29) is 24.5 Å². The molecular formula is C12H17ClF3N3O2. The van der Waals surface area contributed by atoms with Gasteiger partial charge in [-0.1, -0.05) is 6.42 Å². The first-order valence-electron chi connectivity index (χ1n) is 6.35. The molecule has 0 aromatic carbocycles. The molecule has 120 valence electrons. The van der Waals surface area contributed by atoms with Crippen molar-refractivity contribution in [3.05, 3.63) is 17.5 Å². The molecule has 1 N–H and O–H groups in total. The summed E-state index contributed by atoms with van der Waals surface area (Å²) in [6, 6.07) is -0.718. The molecule has 0 spiro atoms. The van der Waals surface area contributed by atoms with Gasteiger partial charge in [0.25, 0.3) is 0 Å². The van der Waals surface area contributed by atoms with Gasteiger partial charge in [-0.25, -0.2) is 0 Å². The number of aromatic nitrogens is 2. The number of hydrogen-bond acceptors (Lipinski definition) is 3. The number of carbonyl (C=O) groups is 1. The summed E-state index contributed by atoms with van der Waals surface area (Å²) < 4.78 is 39.7. The van der Waals surface area contributed by atoms with Crippen molar-refractivity contribution in [1.29, 1.82) is 0 Å². The van der Waals surface area contributed by atoms with Gasteiger partial charge in [0.15, 0.2) is 0 Å². The third-order valence-corrected chi connectivity index (χ3v) is 3.56. The van der Waals surface area contributed by atoms with Gasteiger partial charge in [0, 0.05) is 19.2 Å². The van der Waals surface area contributed by atoms with Crippen molar-refractivity contribution in [2.24, 2.45) is 7.05 Å². The Morgan fingerprint density at radius 3 is 2.71 bits per heavy atom.